The van der Waals surface area contributed by atoms with E-state index in [4.69, 9.17) is 9.72 Å². The van der Waals surface area contributed by atoms with Crippen LogP contribution in [0.4, 0.5) is 4.79 Å². The van der Waals surface area contributed by atoms with Crippen LogP contribution in [0.2, 0.25) is 0 Å². The summed E-state index contributed by atoms with van der Waals surface area (Å²) in [6.45, 7) is 0. The minimum absolute atomic E-state index is 0.184. The van der Waals surface area contributed by atoms with E-state index in [1.54, 1.807) is 7.11 Å². The molecule has 3 aromatic rings. The quantitative estimate of drug-likeness (QED) is 0.471. The number of carbonyl (C=O) groups excluding carboxylic acids is 1. The Kier molecular flexibility index (Phi) is 5.29. The molecule has 3 saturated carbocycles. The molecule has 2 amide bonds. The molecule has 0 saturated heterocycles. The van der Waals surface area contributed by atoms with Crippen molar-refractivity contribution in [2.75, 3.05) is 7.11 Å². The number of imidazole rings is 1. The Labute approximate surface area is 187 Å². The molecule has 6 rings (SSSR count). The van der Waals surface area contributed by atoms with Crippen LogP contribution in [-0.2, 0) is 6.42 Å². The fraction of sp³-hybridized carbons (Fsp3) is 0.440. The zero-order valence-corrected chi connectivity index (χ0v) is 18.4. The number of hydrogen-bond acceptors (Lipinski definition) is 4. The average Bonchev–Trinajstić information content (AvgIpc) is 3.25. The first-order chi connectivity index (χ1) is 15.5. The lowest BCUT2D eigenvalue weighted by molar-refractivity contribution is -0.0694. The van der Waals surface area contributed by atoms with Gasteiger partial charge in [-0.05, 0) is 74.8 Å². The van der Waals surface area contributed by atoms with Gasteiger partial charge in [0.2, 0.25) is 0 Å². The summed E-state index contributed by atoms with van der Waals surface area (Å²) in [5.41, 5.74) is 2.16. The number of hydrogen-bond donors (Lipinski definition) is 4. The molecular formula is C25H30N4O3. The highest BCUT2D eigenvalue weighted by atomic mass is 16.5. The van der Waals surface area contributed by atoms with Crippen molar-refractivity contribution >= 4 is 17.1 Å². The van der Waals surface area contributed by atoms with Crippen molar-refractivity contribution in [1.82, 2.24) is 20.6 Å². The number of H-pyrrole nitrogens is 1. The van der Waals surface area contributed by atoms with E-state index in [1.807, 2.05) is 48.5 Å². The van der Waals surface area contributed by atoms with Crippen LogP contribution in [0.25, 0.3) is 11.0 Å². The molecule has 0 spiro atoms. The van der Waals surface area contributed by atoms with Crippen molar-refractivity contribution in [3.05, 3.63) is 59.9 Å². The van der Waals surface area contributed by atoms with Crippen molar-refractivity contribution in [1.29, 1.82) is 0 Å². The van der Waals surface area contributed by atoms with Crippen LogP contribution in [0.5, 0.6) is 5.75 Å². The first kappa shape index (κ1) is 20.8. The van der Waals surface area contributed by atoms with Gasteiger partial charge in [-0.25, -0.2) is 9.78 Å². The smallest absolute Gasteiger partial charge is 0.315 e. The molecule has 7 heteroatoms. The van der Waals surface area contributed by atoms with Crippen molar-refractivity contribution in [3.63, 3.8) is 0 Å². The fourth-order valence-corrected chi connectivity index (χ4v) is 5.14. The first-order valence-electron chi connectivity index (χ1n) is 11.3. The average molecular weight is 435 g/mol. The highest BCUT2D eigenvalue weighted by Crippen LogP contribution is 2.46. The van der Waals surface area contributed by atoms with E-state index in [0.29, 0.717) is 6.42 Å². The predicted molar refractivity (Wildman–Crippen MR) is 123 cm³/mol. The van der Waals surface area contributed by atoms with Gasteiger partial charge in [0, 0.05) is 5.54 Å². The number of aromatic nitrogens is 2. The number of aromatic amines is 1. The van der Waals surface area contributed by atoms with E-state index >= 15 is 0 Å². The van der Waals surface area contributed by atoms with Crippen LogP contribution in [0.1, 0.15) is 56.0 Å². The number of methoxy groups -OCH3 is 1. The van der Waals surface area contributed by atoms with Gasteiger partial charge in [-0.3, -0.25) is 0 Å². The van der Waals surface area contributed by atoms with E-state index in [1.165, 1.54) is 0 Å². The first-order valence-corrected chi connectivity index (χ1v) is 11.3. The van der Waals surface area contributed by atoms with Gasteiger partial charge in [0.15, 0.2) is 0 Å². The summed E-state index contributed by atoms with van der Waals surface area (Å²) in [6.07, 6.45) is 5.34. The molecule has 168 valence electrons. The lowest BCUT2D eigenvalue weighted by Crippen LogP contribution is -2.60. The number of urea groups is 1. The Morgan fingerprint density at radius 2 is 1.78 bits per heavy atom. The highest BCUT2D eigenvalue weighted by Gasteiger charge is 2.48. The minimum atomic E-state index is -0.523. The van der Waals surface area contributed by atoms with Crippen LogP contribution >= 0.6 is 0 Å². The largest absolute Gasteiger partial charge is 0.497 e. The Balaban J connectivity index is 1.35. The number of amides is 2. The Morgan fingerprint density at radius 1 is 1.09 bits per heavy atom. The lowest BCUT2D eigenvalue weighted by Gasteiger charge is -2.51. The van der Waals surface area contributed by atoms with Gasteiger partial charge in [-0.15, -0.1) is 0 Å². The van der Waals surface area contributed by atoms with Gasteiger partial charge in [-0.2, -0.15) is 0 Å². The second kappa shape index (κ2) is 8.13. The second-order valence-corrected chi connectivity index (χ2v) is 9.35. The van der Waals surface area contributed by atoms with Gasteiger partial charge in [0.1, 0.15) is 11.6 Å². The topological polar surface area (TPSA) is 99.3 Å². The van der Waals surface area contributed by atoms with Gasteiger partial charge in [-0.1, -0.05) is 24.3 Å². The molecule has 0 unspecified atom stereocenters. The van der Waals surface area contributed by atoms with Crippen LogP contribution in [-0.4, -0.2) is 39.4 Å². The molecule has 4 N–H and O–H groups in total. The molecule has 7 nitrogen and oxygen atoms in total. The van der Waals surface area contributed by atoms with Crippen LogP contribution in [0.3, 0.4) is 0 Å². The van der Waals surface area contributed by atoms with Crippen LogP contribution in [0, 0.1) is 0 Å². The lowest BCUT2D eigenvalue weighted by atomic mass is 9.63. The van der Waals surface area contributed by atoms with Gasteiger partial charge >= 0.3 is 6.03 Å². The van der Waals surface area contributed by atoms with Gasteiger partial charge in [0.25, 0.3) is 0 Å². The summed E-state index contributed by atoms with van der Waals surface area (Å²) in [6, 6.07) is 15.3. The summed E-state index contributed by atoms with van der Waals surface area (Å²) in [7, 11) is 1.65. The predicted octanol–water partition coefficient (Wildman–Crippen LogP) is 3.99. The molecule has 0 aliphatic heterocycles. The number of para-hydroxylation sites is 2. The maximum absolute atomic E-state index is 13.1. The fourth-order valence-electron chi connectivity index (χ4n) is 5.14. The molecule has 32 heavy (non-hydrogen) atoms. The third-order valence-corrected chi connectivity index (χ3v) is 7.23. The molecule has 3 aliphatic rings. The minimum Gasteiger partial charge on any atom is -0.497 e. The second-order valence-electron chi connectivity index (χ2n) is 9.35. The van der Waals surface area contributed by atoms with Crippen molar-refractivity contribution < 1.29 is 14.6 Å². The molecule has 2 bridgehead atoms. The molecule has 1 atom stereocenters. The summed E-state index contributed by atoms with van der Waals surface area (Å²) < 4.78 is 5.27. The molecule has 3 fully saturated rings. The SMILES string of the molecule is COc1ccc(C[C@@H](NC(=O)NC23CCC(O)(CC2)CC3)c2nc3ccccc3[nH]2)cc1. The van der Waals surface area contributed by atoms with Crippen LogP contribution in [0.15, 0.2) is 48.5 Å². The van der Waals surface area contributed by atoms with Crippen molar-refractivity contribution in [3.8, 4) is 5.75 Å². The third-order valence-electron chi connectivity index (χ3n) is 7.23. The maximum atomic E-state index is 13.1. The van der Waals surface area contributed by atoms with E-state index in [9.17, 15) is 9.90 Å². The number of nitrogens with one attached hydrogen (secondary N) is 3. The zero-order chi connectivity index (χ0) is 22.2. The summed E-state index contributed by atoms with van der Waals surface area (Å²) in [5.74, 6) is 1.53. The molecule has 3 aliphatic carbocycles. The standard InChI is InChI=1S/C25H30N4O3/c1-32-18-8-6-17(7-9-18)16-21(22-26-19-4-2-3-5-20(19)27-22)28-23(30)29-24-10-13-25(31,14-11-24)15-12-24/h2-9,21,31H,10-16H2,1H3,(H,26,27)(H2,28,29,30)/t21-,24?,25?/m1/s1. The summed E-state index contributed by atoms with van der Waals surface area (Å²) >= 11 is 0. The Hall–Kier alpha value is -3.06. The monoisotopic (exact) mass is 434 g/mol. The normalized spacial score (nSPS) is 25.4. The summed E-state index contributed by atoms with van der Waals surface area (Å²) in [5, 5.41) is 16.9. The number of aliphatic hydroxyl groups is 1. The Morgan fingerprint density at radius 3 is 2.44 bits per heavy atom. The van der Waals surface area contributed by atoms with Crippen LogP contribution < -0.4 is 15.4 Å². The van der Waals surface area contributed by atoms with Crippen molar-refractivity contribution in [2.24, 2.45) is 0 Å². The molecule has 2 aromatic carbocycles. The number of carbonyl (C=O) groups is 1. The summed E-state index contributed by atoms with van der Waals surface area (Å²) in [4.78, 5) is 21.2. The van der Waals surface area contributed by atoms with Crippen molar-refractivity contribution in [2.45, 2.75) is 62.1 Å². The number of fused-ring (bicyclic) bond motifs is 4. The molecule has 0 radical (unpaired) electrons. The van der Waals surface area contributed by atoms with Gasteiger partial charge in [0.05, 0.1) is 29.8 Å². The number of ether oxygens (including phenoxy) is 1. The number of nitrogens with zero attached hydrogens (tertiary/aromatic N) is 1. The zero-order valence-electron chi connectivity index (χ0n) is 18.4. The van der Waals surface area contributed by atoms with Gasteiger partial charge < -0.3 is 25.5 Å². The van der Waals surface area contributed by atoms with E-state index in [2.05, 4.69) is 15.6 Å². The van der Waals surface area contributed by atoms with E-state index < -0.39 is 5.60 Å². The van der Waals surface area contributed by atoms with E-state index in [-0.39, 0.29) is 17.6 Å². The molecular weight excluding hydrogens is 404 g/mol. The van der Waals surface area contributed by atoms with E-state index in [0.717, 1.165) is 66.7 Å². The molecule has 1 heterocycles. The Bertz CT molecular complexity index is 1050. The highest BCUT2D eigenvalue weighted by molar-refractivity contribution is 5.77. The number of benzene rings is 2. The third kappa shape index (κ3) is 4.17. The maximum Gasteiger partial charge on any atom is 0.315 e. The molecule has 1 aromatic heterocycles. The number of rotatable bonds is 6.